The summed E-state index contributed by atoms with van der Waals surface area (Å²) in [6, 6.07) is 13.3. The van der Waals surface area contributed by atoms with Crippen molar-refractivity contribution in [2.45, 2.75) is 78.6 Å². The number of carboxylic acids is 2. The lowest BCUT2D eigenvalue weighted by molar-refractivity contribution is -0.148. The summed E-state index contributed by atoms with van der Waals surface area (Å²) < 4.78 is 5.27. The van der Waals surface area contributed by atoms with Crippen LogP contribution in [0.2, 0.25) is 0 Å². The third-order valence-corrected chi connectivity index (χ3v) is 5.66. The Hall–Kier alpha value is -3.23. The van der Waals surface area contributed by atoms with E-state index in [0.29, 0.717) is 25.2 Å². The molecule has 0 spiro atoms. The monoisotopic (exact) mass is 500 g/mol. The van der Waals surface area contributed by atoms with Crippen LogP contribution in [0.4, 0.5) is 0 Å². The van der Waals surface area contributed by atoms with Gasteiger partial charge in [0.25, 0.3) is 0 Å². The van der Waals surface area contributed by atoms with Gasteiger partial charge in [-0.1, -0.05) is 62.4 Å². The van der Waals surface area contributed by atoms with Gasteiger partial charge in [0, 0.05) is 0 Å². The number of nitrogens with two attached hydrogens (primary N) is 1. The highest BCUT2D eigenvalue weighted by Gasteiger charge is 2.24. The number of hydrogen-bond acceptors (Lipinski definition) is 6. The first-order valence-corrected chi connectivity index (χ1v) is 12.1. The Morgan fingerprint density at radius 2 is 1.56 bits per heavy atom. The van der Waals surface area contributed by atoms with Crippen LogP contribution < -0.4 is 11.1 Å². The summed E-state index contributed by atoms with van der Waals surface area (Å²) >= 11 is 0. The number of carboxylic acid groups (broad SMARTS) is 2. The zero-order valence-electron chi connectivity index (χ0n) is 21.9. The van der Waals surface area contributed by atoms with Gasteiger partial charge in [-0.05, 0) is 68.2 Å². The second kappa shape index (κ2) is 15.7. The van der Waals surface area contributed by atoms with Crippen molar-refractivity contribution in [3.63, 3.8) is 0 Å². The molecule has 0 aliphatic heterocycles. The van der Waals surface area contributed by atoms with Crippen molar-refractivity contribution in [2.75, 3.05) is 0 Å². The van der Waals surface area contributed by atoms with Crippen molar-refractivity contribution in [3.8, 4) is 0 Å². The van der Waals surface area contributed by atoms with Crippen LogP contribution >= 0.6 is 0 Å². The van der Waals surface area contributed by atoms with Gasteiger partial charge in [0.1, 0.15) is 24.7 Å². The van der Waals surface area contributed by atoms with Crippen molar-refractivity contribution >= 4 is 17.9 Å². The fourth-order valence-electron chi connectivity index (χ4n) is 3.38. The Kier molecular flexibility index (Phi) is 13.4. The van der Waals surface area contributed by atoms with Crippen molar-refractivity contribution in [1.29, 1.82) is 0 Å². The molecular weight excluding hydrogens is 460 g/mol. The average Bonchev–Trinajstić information content (AvgIpc) is 2.82. The predicted octanol–water partition coefficient (Wildman–Crippen LogP) is 3.86. The van der Waals surface area contributed by atoms with E-state index in [4.69, 9.17) is 15.6 Å². The van der Waals surface area contributed by atoms with Gasteiger partial charge in [-0.25, -0.2) is 0 Å². The third-order valence-electron chi connectivity index (χ3n) is 5.66. The zero-order valence-corrected chi connectivity index (χ0v) is 21.9. The Morgan fingerprint density at radius 3 is 2.06 bits per heavy atom. The van der Waals surface area contributed by atoms with E-state index in [9.17, 15) is 19.5 Å². The van der Waals surface area contributed by atoms with Crippen LogP contribution in [0.3, 0.4) is 0 Å². The van der Waals surface area contributed by atoms with Crippen molar-refractivity contribution in [3.05, 3.63) is 70.8 Å². The lowest BCUT2D eigenvalue weighted by atomic mass is 10.0. The molecule has 8 heteroatoms. The molecule has 0 radical (unpaired) electrons. The highest BCUT2D eigenvalue weighted by atomic mass is 16.5. The summed E-state index contributed by atoms with van der Waals surface area (Å²) in [4.78, 5) is 33.8. The highest BCUT2D eigenvalue weighted by Crippen LogP contribution is 2.13. The topological polar surface area (TPSA) is 139 Å². The fraction of sp³-hybridized carbons (Fsp3) is 0.464. The fourth-order valence-corrected chi connectivity index (χ4v) is 3.38. The number of rotatable bonds is 12. The Labute approximate surface area is 213 Å². The average molecular weight is 501 g/mol. The van der Waals surface area contributed by atoms with Gasteiger partial charge in [-0.3, -0.25) is 19.7 Å². The van der Waals surface area contributed by atoms with E-state index >= 15 is 0 Å². The summed E-state index contributed by atoms with van der Waals surface area (Å²) in [5.74, 6) is -1.99. The van der Waals surface area contributed by atoms with E-state index < -0.39 is 36.0 Å². The first kappa shape index (κ1) is 30.8. The Bertz CT molecular complexity index is 977. The number of aliphatic carboxylic acids is 2. The van der Waals surface area contributed by atoms with E-state index in [0.717, 1.165) is 11.1 Å². The molecule has 2 rings (SSSR count). The normalized spacial score (nSPS) is 13.2. The summed E-state index contributed by atoms with van der Waals surface area (Å²) in [6.07, 6.45) is 1.57. The minimum Gasteiger partial charge on any atom is -0.480 e. The van der Waals surface area contributed by atoms with Crippen LogP contribution in [-0.4, -0.2) is 46.2 Å². The molecule has 36 heavy (non-hydrogen) atoms. The maximum absolute atomic E-state index is 12.2. The van der Waals surface area contributed by atoms with Gasteiger partial charge in [-0.2, -0.15) is 0 Å². The quantitative estimate of drug-likeness (QED) is 0.322. The number of carbonyl (C=O) groups is 3. The van der Waals surface area contributed by atoms with Crippen LogP contribution in [0.25, 0.3) is 0 Å². The molecule has 0 saturated heterocycles. The number of esters is 1. The standard InChI is InChI=1S/C22H27NO4.C6H13NO2/c1-15-9-10-18(13-16(15)2)11-12-20(21(24)25)23-17(3)22(26)27-14-19-7-5-4-6-8-19;1-4(2)3-5(7)6(8)9/h4-10,13,17,20,23H,11-12,14H2,1-3H3,(H,24,25);4-5H,3,7H2,1-2H3,(H,8,9)/t17-,20+;5-/m10/s1. The van der Waals surface area contributed by atoms with Crippen LogP contribution in [0, 0.1) is 19.8 Å². The highest BCUT2D eigenvalue weighted by molar-refractivity contribution is 5.78. The molecule has 5 N–H and O–H groups in total. The third kappa shape index (κ3) is 12.0. The summed E-state index contributed by atoms with van der Waals surface area (Å²) in [6.45, 7) is 9.77. The molecule has 0 unspecified atom stereocenters. The van der Waals surface area contributed by atoms with Gasteiger partial charge >= 0.3 is 17.9 Å². The van der Waals surface area contributed by atoms with E-state index in [-0.39, 0.29) is 6.61 Å². The van der Waals surface area contributed by atoms with E-state index in [1.54, 1.807) is 6.92 Å². The van der Waals surface area contributed by atoms with Crippen molar-refractivity contribution < 1.29 is 29.3 Å². The first-order valence-electron chi connectivity index (χ1n) is 12.1. The molecule has 8 nitrogen and oxygen atoms in total. The lowest BCUT2D eigenvalue weighted by Crippen LogP contribution is -2.46. The molecule has 2 aromatic rings. The van der Waals surface area contributed by atoms with Gasteiger partial charge in [0.15, 0.2) is 0 Å². The molecule has 0 aliphatic rings. The van der Waals surface area contributed by atoms with Crippen LogP contribution in [0.5, 0.6) is 0 Å². The van der Waals surface area contributed by atoms with E-state index in [2.05, 4.69) is 11.4 Å². The second-order valence-electron chi connectivity index (χ2n) is 9.40. The minimum atomic E-state index is -0.971. The Morgan fingerprint density at radius 1 is 0.917 bits per heavy atom. The SMILES string of the molecule is CC(C)C[C@H](N)C(=O)O.Cc1ccc(CC[C@H](N[C@H](C)C(=O)OCc2ccccc2)C(=O)O)cc1C. The molecule has 0 saturated carbocycles. The van der Waals surface area contributed by atoms with Gasteiger partial charge in [0.05, 0.1) is 0 Å². The number of carbonyl (C=O) groups excluding carboxylic acids is 1. The molecule has 0 aliphatic carbocycles. The zero-order chi connectivity index (χ0) is 27.3. The number of nitrogens with one attached hydrogen (secondary N) is 1. The molecule has 3 atom stereocenters. The van der Waals surface area contributed by atoms with Crippen LogP contribution in [0.15, 0.2) is 48.5 Å². The lowest BCUT2D eigenvalue weighted by Gasteiger charge is -2.19. The number of benzene rings is 2. The second-order valence-corrected chi connectivity index (χ2v) is 9.40. The van der Waals surface area contributed by atoms with Gasteiger partial charge in [0.2, 0.25) is 0 Å². The Balaban J connectivity index is 0.000000613. The smallest absolute Gasteiger partial charge is 0.323 e. The largest absolute Gasteiger partial charge is 0.480 e. The maximum atomic E-state index is 12.2. The van der Waals surface area contributed by atoms with Crippen LogP contribution in [0.1, 0.15) is 55.9 Å². The van der Waals surface area contributed by atoms with E-state index in [1.807, 2.05) is 70.2 Å². The summed E-state index contributed by atoms with van der Waals surface area (Å²) in [5, 5.41) is 20.7. The molecule has 0 aromatic heterocycles. The van der Waals surface area contributed by atoms with Gasteiger partial charge < -0.3 is 20.7 Å². The minimum absolute atomic E-state index is 0.173. The molecule has 0 heterocycles. The number of ether oxygens (including phenoxy) is 1. The molecule has 0 fully saturated rings. The number of aryl methyl sites for hydroxylation is 3. The van der Waals surface area contributed by atoms with Crippen molar-refractivity contribution in [2.24, 2.45) is 11.7 Å². The van der Waals surface area contributed by atoms with Gasteiger partial charge in [-0.15, -0.1) is 0 Å². The number of hydrogen-bond donors (Lipinski definition) is 4. The molecule has 0 amide bonds. The van der Waals surface area contributed by atoms with Crippen molar-refractivity contribution in [1.82, 2.24) is 5.32 Å². The summed E-state index contributed by atoms with van der Waals surface area (Å²) in [5.41, 5.74) is 9.59. The van der Waals surface area contributed by atoms with Crippen LogP contribution in [-0.2, 0) is 32.1 Å². The molecule has 2 aromatic carbocycles. The molecule has 198 valence electrons. The maximum Gasteiger partial charge on any atom is 0.323 e. The van der Waals surface area contributed by atoms with E-state index in [1.165, 1.54) is 11.1 Å². The molecule has 0 bridgehead atoms. The summed E-state index contributed by atoms with van der Waals surface area (Å²) in [7, 11) is 0. The molecular formula is C28H40N2O6. The first-order chi connectivity index (χ1) is 16.9. The predicted molar refractivity (Wildman–Crippen MR) is 140 cm³/mol.